The van der Waals surface area contributed by atoms with E-state index in [1.165, 1.54) is 24.8 Å². The molecule has 1 atom stereocenters. The molecule has 0 saturated carbocycles. The molecule has 21 heavy (non-hydrogen) atoms. The molecule has 0 radical (unpaired) electrons. The van der Waals surface area contributed by atoms with Gasteiger partial charge in [-0.15, -0.1) is 0 Å². The van der Waals surface area contributed by atoms with Crippen LogP contribution < -0.4 is 5.32 Å². The molecule has 0 aromatic heterocycles. The topological polar surface area (TPSA) is 39.1 Å². The minimum atomic E-state index is -0.131. The summed E-state index contributed by atoms with van der Waals surface area (Å²) in [7, 11) is 0. The monoisotopic (exact) mass is 283 g/mol. The fourth-order valence-corrected chi connectivity index (χ4v) is 3.81. The van der Waals surface area contributed by atoms with Gasteiger partial charge < -0.3 is 5.32 Å². The van der Waals surface area contributed by atoms with Crippen LogP contribution in [0.3, 0.4) is 0 Å². The lowest BCUT2D eigenvalue weighted by atomic mass is 9.71. The van der Waals surface area contributed by atoms with E-state index in [2.05, 4.69) is 46.6 Å². The largest absolute Gasteiger partial charge is 0.312 e. The van der Waals surface area contributed by atoms with Gasteiger partial charge in [-0.3, -0.25) is 4.90 Å². The van der Waals surface area contributed by atoms with E-state index < -0.39 is 0 Å². The smallest absolute Gasteiger partial charge is 0.0751 e. The number of rotatable bonds is 3. The Bertz CT molecular complexity index is 477. The summed E-state index contributed by atoms with van der Waals surface area (Å²) < 4.78 is 0. The molecule has 2 heterocycles. The fourth-order valence-electron chi connectivity index (χ4n) is 3.81. The Hall–Kier alpha value is -1.37. The normalized spacial score (nSPS) is 26.1. The van der Waals surface area contributed by atoms with Gasteiger partial charge in [0.25, 0.3) is 0 Å². The van der Waals surface area contributed by atoms with Crippen molar-refractivity contribution in [3.63, 3.8) is 0 Å². The molecule has 1 N–H and O–H groups in total. The second kappa shape index (κ2) is 6.60. The van der Waals surface area contributed by atoms with Gasteiger partial charge in [0.05, 0.1) is 11.5 Å². The number of hydrogen-bond donors (Lipinski definition) is 1. The first-order chi connectivity index (χ1) is 10.3. The number of nitriles is 1. The average Bonchev–Trinajstić information content (AvgIpc) is 2.58. The zero-order chi connectivity index (χ0) is 14.5. The predicted octanol–water partition coefficient (Wildman–Crippen LogP) is 2.93. The minimum absolute atomic E-state index is 0.131. The van der Waals surface area contributed by atoms with E-state index >= 15 is 0 Å². The van der Waals surface area contributed by atoms with Crippen molar-refractivity contribution in [2.24, 2.45) is 5.41 Å². The molecule has 1 aromatic rings. The van der Waals surface area contributed by atoms with Gasteiger partial charge >= 0.3 is 0 Å². The van der Waals surface area contributed by atoms with E-state index in [-0.39, 0.29) is 5.41 Å². The minimum Gasteiger partial charge on any atom is -0.312 e. The third-order valence-corrected chi connectivity index (χ3v) is 5.20. The molecule has 1 aromatic carbocycles. The molecule has 3 nitrogen and oxygen atoms in total. The first kappa shape index (κ1) is 14.6. The molecular weight excluding hydrogens is 258 g/mol. The van der Waals surface area contributed by atoms with Crippen molar-refractivity contribution in [1.82, 2.24) is 10.2 Å². The molecule has 2 fully saturated rings. The summed E-state index contributed by atoms with van der Waals surface area (Å²) in [4.78, 5) is 2.49. The highest BCUT2D eigenvalue weighted by Gasteiger charge is 2.42. The molecule has 0 bridgehead atoms. The Morgan fingerprint density at radius 3 is 2.57 bits per heavy atom. The van der Waals surface area contributed by atoms with Gasteiger partial charge in [-0.1, -0.05) is 36.8 Å². The van der Waals surface area contributed by atoms with Gasteiger partial charge in [-0.25, -0.2) is 0 Å². The van der Waals surface area contributed by atoms with Crippen LogP contribution in [0.2, 0.25) is 0 Å². The quantitative estimate of drug-likeness (QED) is 0.927. The van der Waals surface area contributed by atoms with Gasteiger partial charge in [-0.05, 0) is 37.8 Å². The third-order valence-electron chi connectivity index (χ3n) is 5.20. The number of piperidine rings is 2. The molecule has 0 amide bonds. The summed E-state index contributed by atoms with van der Waals surface area (Å²) in [6, 6.07) is 13.7. The zero-order valence-electron chi connectivity index (χ0n) is 12.7. The van der Waals surface area contributed by atoms with Gasteiger partial charge in [0, 0.05) is 25.7 Å². The highest BCUT2D eigenvalue weighted by Crippen LogP contribution is 2.37. The van der Waals surface area contributed by atoms with E-state index in [1.807, 2.05) is 0 Å². The number of nitrogens with one attached hydrogen (secondary N) is 1. The van der Waals surface area contributed by atoms with E-state index in [0.29, 0.717) is 6.04 Å². The van der Waals surface area contributed by atoms with Crippen molar-refractivity contribution in [3.8, 4) is 6.07 Å². The van der Waals surface area contributed by atoms with Crippen molar-refractivity contribution in [1.29, 1.82) is 5.26 Å². The first-order valence-electron chi connectivity index (χ1n) is 8.23. The zero-order valence-corrected chi connectivity index (χ0v) is 12.7. The Morgan fingerprint density at radius 2 is 1.95 bits per heavy atom. The number of nitrogens with zero attached hydrogens (tertiary/aromatic N) is 2. The molecule has 0 aliphatic carbocycles. The van der Waals surface area contributed by atoms with Crippen LogP contribution in [0.15, 0.2) is 30.3 Å². The summed E-state index contributed by atoms with van der Waals surface area (Å²) in [5.74, 6) is 0. The van der Waals surface area contributed by atoms with Crippen LogP contribution in [-0.4, -0.2) is 30.6 Å². The number of benzene rings is 1. The van der Waals surface area contributed by atoms with Crippen molar-refractivity contribution in [3.05, 3.63) is 35.9 Å². The van der Waals surface area contributed by atoms with Crippen molar-refractivity contribution < 1.29 is 0 Å². The SMILES string of the molecule is N#CC1(C2CCCCN2)CCN(Cc2ccccc2)CC1. The highest BCUT2D eigenvalue weighted by atomic mass is 15.1. The Labute approximate surface area is 128 Å². The molecule has 2 aliphatic rings. The van der Waals surface area contributed by atoms with Crippen molar-refractivity contribution in [2.75, 3.05) is 19.6 Å². The summed E-state index contributed by atoms with van der Waals surface area (Å²) >= 11 is 0. The standard InChI is InChI=1S/C18H25N3/c19-15-18(17-8-4-5-11-20-17)9-12-21(13-10-18)14-16-6-2-1-3-7-16/h1-3,6-7,17,20H,4-5,8-14H2. The maximum Gasteiger partial charge on any atom is 0.0751 e. The lowest BCUT2D eigenvalue weighted by Gasteiger charge is -2.43. The molecule has 0 spiro atoms. The van der Waals surface area contributed by atoms with Crippen molar-refractivity contribution >= 4 is 0 Å². The van der Waals surface area contributed by atoms with Gasteiger partial charge in [-0.2, -0.15) is 5.26 Å². The molecule has 3 heteroatoms. The lowest BCUT2D eigenvalue weighted by molar-refractivity contribution is 0.0955. The Balaban J connectivity index is 1.59. The summed E-state index contributed by atoms with van der Waals surface area (Å²) in [5, 5.41) is 13.4. The molecule has 2 saturated heterocycles. The van der Waals surface area contributed by atoms with Crippen LogP contribution in [0, 0.1) is 16.7 Å². The van der Waals surface area contributed by atoms with E-state index in [1.54, 1.807) is 0 Å². The second-order valence-electron chi connectivity index (χ2n) is 6.53. The average molecular weight is 283 g/mol. The van der Waals surface area contributed by atoms with E-state index in [0.717, 1.165) is 39.0 Å². The third kappa shape index (κ3) is 3.28. The molecule has 1 unspecified atom stereocenters. The van der Waals surface area contributed by atoms with Crippen LogP contribution in [0.5, 0.6) is 0 Å². The summed E-state index contributed by atoms with van der Waals surface area (Å²) in [5.41, 5.74) is 1.24. The van der Waals surface area contributed by atoms with Crippen LogP contribution in [0.1, 0.15) is 37.7 Å². The van der Waals surface area contributed by atoms with Gasteiger partial charge in [0.15, 0.2) is 0 Å². The molecule has 3 rings (SSSR count). The lowest BCUT2D eigenvalue weighted by Crippen LogP contribution is -2.52. The molecule has 2 aliphatic heterocycles. The summed E-state index contributed by atoms with van der Waals surface area (Å²) in [6.07, 6.45) is 5.72. The number of hydrogen-bond acceptors (Lipinski definition) is 3. The Kier molecular flexibility index (Phi) is 4.57. The van der Waals surface area contributed by atoms with Gasteiger partial charge in [0.2, 0.25) is 0 Å². The van der Waals surface area contributed by atoms with Crippen LogP contribution >= 0.6 is 0 Å². The van der Waals surface area contributed by atoms with Gasteiger partial charge in [0.1, 0.15) is 0 Å². The predicted molar refractivity (Wildman–Crippen MR) is 84.6 cm³/mol. The van der Waals surface area contributed by atoms with Crippen molar-refractivity contribution in [2.45, 2.75) is 44.7 Å². The summed E-state index contributed by atoms with van der Waals surface area (Å²) in [6.45, 7) is 4.18. The van der Waals surface area contributed by atoms with Crippen LogP contribution in [-0.2, 0) is 6.54 Å². The number of likely N-dealkylation sites (tertiary alicyclic amines) is 1. The second-order valence-corrected chi connectivity index (χ2v) is 6.53. The maximum atomic E-state index is 9.76. The van der Waals surface area contributed by atoms with Crippen LogP contribution in [0.4, 0.5) is 0 Å². The van der Waals surface area contributed by atoms with E-state index in [9.17, 15) is 5.26 Å². The fraction of sp³-hybridized carbons (Fsp3) is 0.611. The Morgan fingerprint density at radius 1 is 1.19 bits per heavy atom. The molecule has 112 valence electrons. The maximum absolute atomic E-state index is 9.76. The van der Waals surface area contributed by atoms with E-state index in [4.69, 9.17) is 0 Å². The first-order valence-corrected chi connectivity index (χ1v) is 8.23. The highest BCUT2D eigenvalue weighted by molar-refractivity contribution is 5.15. The molecular formula is C18H25N3. The van der Waals surface area contributed by atoms with Crippen LogP contribution in [0.25, 0.3) is 0 Å².